The zero-order valence-corrected chi connectivity index (χ0v) is 12.7. The lowest BCUT2D eigenvalue weighted by Crippen LogP contribution is -2.24. The van der Waals surface area contributed by atoms with E-state index < -0.39 is 11.7 Å². The van der Waals surface area contributed by atoms with E-state index in [-0.39, 0.29) is 31.2 Å². The molecule has 1 amide bonds. The zero-order valence-electron chi connectivity index (χ0n) is 12.7. The minimum atomic E-state index is -4.40. The Bertz CT molecular complexity index is 684. The summed E-state index contributed by atoms with van der Waals surface area (Å²) in [6.07, 6.45) is -4.29. The molecule has 0 aliphatic heterocycles. The molecule has 0 radical (unpaired) electrons. The standard InChI is InChI=1S/C17H16F4N2O/c18-14-6-4-12(5-7-14)11-23-16(24)8-9-22-15-3-1-2-13(10-15)17(19,20)21/h1-7,10,22H,8-9,11H2,(H,23,24). The Morgan fingerprint density at radius 2 is 1.75 bits per heavy atom. The third-order valence-corrected chi connectivity index (χ3v) is 3.27. The highest BCUT2D eigenvalue weighted by atomic mass is 19.4. The Balaban J connectivity index is 1.75. The summed E-state index contributed by atoms with van der Waals surface area (Å²) in [5, 5.41) is 5.44. The summed E-state index contributed by atoms with van der Waals surface area (Å²) in [5.74, 6) is -0.603. The van der Waals surface area contributed by atoms with Crippen LogP contribution < -0.4 is 10.6 Å². The Labute approximate surface area is 136 Å². The number of rotatable bonds is 6. The Morgan fingerprint density at radius 1 is 1.04 bits per heavy atom. The first-order valence-electron chi connectivity index (χ1n) is 7.27. The van der Waals surface area contributed by atoms with E-state index >= 15 is 0 Å². The van der Waals surface area contributed by atoms with Crippen LogP contribution in [0.2, 0.25) is 0 Å². The summed E-state index contributed by atoms with van der Waals surface area (Å²) < 4.78 is 50.5. The SMILES string of the molecule is O=C(CCNc1cccc(C(F)(F)F)c1)NCc1ccc(F)cc1. The van der Waals surface area contributed by atoms with Crippen LogP contribution in [0.15, 0.2) is 48.5 Å². The minimum Gasteiger partial charge on any atom is -0.385 e. The molecule has 7 heteroatoms. The first-order chi connectivity index (χ1) is 11.3. The fourth-order valence-electron chi connectivity index (χ4n) is 2.02. The summed E-state index contributed by atoms with van der Waals surface area (Å²) in [6, 6.07) is 10.5. The molecule has 24 heavy (non-hydrogen) atoms. The highest BCUT2D eigenvalue weighted by molar-refractivity contribution is 5.76. The first-order valence-corrected chi connectivity index (χ1v) is 7.27. The van der Waals surface area contributed by atoms with Crippen molar-refractivity contribution in [3.8, 4) is 0 Å². The minimum absolute atomic E-state index is 0.109. The number of benzene rings is 2. The van der Waals surface area contributed by atoms with Gasteiger partial charge in [0.1, 0.15) is 5.82 Å². The first kappa shape index (κ1) is 17.8. The maximum atomic E-state index is 12.7. The van der Waals surface area contributed by atoms with Crippen LogP contribution in [0.5, 0.6) is 0 Å². The van der Waals surface area contributed by atoms with Crippen molar-refractivity contribution in [2.75, 3.05) is 11.9 Å². The van der Waals surface area contributed by atoms with Crippen molar-refractivity contribution >= 4 is 11.6 Å². The largest absolute Gasteiger partial charge is 0.416 e. The molecule has 2 aromatic carbocycles. The van der Waals surface area contributed by atoms with Crippen molar-refractivity contribution in [2.45, 2.75) is 19.1 Å². The Hall–Kier alpha value is -2.57. The van der Waals surface area contributed by atoms with Gasteiger partial charge in [-0.3, -0.25) is 4.79 Å². The molecule has 128 valence electrons. The van der Waals surface area contributed by atoms with E-state index in [1.54, 1.807) is 12.1 Å². The number of alkyl halides is 3. The van der Waals surface area contributed by atoms with Gasteiger partial charge in [-0.05, 0) is 35.9 Å². The van der Waals surface area contributed by atoms with Gasteiger partial charge in [-0.25, -0.2) is 4.39 Å². The fourth-order valence-corrected chi connectivity index (χ4v) is 2.02. The summed E-state index contributed by atoms with van der Waals surface area (Å²) in [6.45, 7) is 0.471. The van der Waals surface area contributed by atoms with E-state index in [2.05, 4.69) is 10.6 Å². The third-order valence-electron chi connectivity index (χ3n) is 3.27. The van der Waals surface area contributed by atoms with Crippen molar-refractivity contribution in [1.29, 1.82) is 0 Å². The summed E-state index contributed by atoms with van der Waals surface area (Å²) in [4.78, 5) is 11.7. The topological polar surface area (TPSA) is 41.1 Å². The van der Waals surface area contributed by atoms with Crippen LogP contribution in [0.1, 0.15) is 17.5 Å². The normalized spacial score (nSPS) is 11.2. The molecule has 0 atom stereocenters. The van der Waals surface area contributed by atoms with Crippen molar-refractivity contribution in [3.63, 3.8) is 0 Å². The number of halogens is 4. The van der Waals surface area contributed by atoms with E-state index in [1.807, 2.05) is 0 Å². The number of hydrogen-bond donors (Lipinski definition) is 2. The van der Waals surface area contributed by atoms with Crippen LogP contribution in [-0.4, -0.2) is 12.5 Å². The molecule has 2 aromatic rings. The average Bonchev–Trinajstić information content (AvgIpc) is 2.54. The lowest BCUT2D eigenvalue weighted by molar-refractivity contribution is -0.137. The van der Waals surface area contributed by atoms with Crippen molar-refractivity contribution < 1.29 is 22.4 Å². The number of carbonyl (C=O) groups excluding carboxylic acids is 1. The molecule has 0 saturated heterocycles. The molecular weight excluding hydrogens is 324 g/mol. The molecule has 2 N–H and O–H groups in total. The van der Waals surface area contributed by atoms with Crippen LogP contribution in [0.25, 0.3) is 0 Å². The van der Waals surface area contributed by atoms with Gasteiger partial charge >= 0.3 is 6.18 Å². The van der Waals surface area contributed by atoms with Crippen molar-refractivity contribution in [2.24, 2.45) is 0 Å². The number of nitrogens with one attached hydrogen (secondary N) is 2. The molecule has 0 bridgehead atoms. The predicted octanol–water partition coefficient (Wildman–Crippen LogP) is 3.96. The molecule has 0 aliphatic carbocycles. The van der Waals surface area contributed by atoms with Gasteiger partial charge in [-0.2, -0.15) is 13.2 Å². The maximum absolute atomic E-state index is 12.7. The highest BCUT2D eigenvalue weighted by Crippen LogP contribution is 2.30. The number of carbonyl (C=O) groups is 1. The molecule has 3 nitrogen and oxygen atoms in total. The molecular formula is C17H16F4N2O. The molecule has 2 rings (SSSR count). The smallest absolute Gasteiger partial charge is 0.385 e. The fraction of sp³-hybridized carbons (Fsp3) is 0.235. The predicted molar refractivity (Wildman–Crippen MR) is 82.8 cm³/mol. The second-order valence-corrected chi connectivity index (χ2v) is 5.16. The third kappa shape index (κ3) is 5.57. The molecule has 0 aromatic heterocycles. The molecule has 0 fully saturated rings. The summed E-state index contributed by atoms with van der Waals surface area (Å²) in [5.41, 5.74) is 0.319. The Morgan fingerprint density at radius 3 is 2.42 bits per heavy atom. The molecule has 0 spiro atoms. The van der Waals surface area contributed by atoms with Gasteiger partial charge in [-0.1, -0.05) is 18.2 Å². The van der Waals surface area contributed by atoms with Crippen LogP contribution in [0, 0.1) is 5.82 Å². The van der Waals surface area contributed by atoms with E-state index in [4.69, 9.17) is 0 Å². The Kier molecular flexibility index (Phi) is 5.78. The van der Waals surface area contributed by atoms with Crippen molar-refractivity contribution in [3.05, 3.63) is 65.5 Å². The van der Waals surface area contributed by atoms with Gasteiger partial charge in [-0.15, -0.1) is 0 Å². The molecule has 0 heterocycles. The van der Waals surface area contributed by atoms with Gasteiger partial charge in [0.25, 0.3) is 0 Å². The van der Waals surface area contributed by atoms with Gasteiger partial charge in [0.15, 0.2) is 0 Å². The lowest BCUT2D eigenvalue weighted by atomic mass is 10.2. The van der Waals surface area contributed by atoms with Gasteiger partial charge in [0.05, 0.1) is 5.56 Å². The average molecular weight is 340 g/mol. The second-order valence-electron chi connectivity index (χ2n) is 5.16. The van der Waals surface area contributed by atoms with Crippen LogP contribution in [-0.2, 0) is 17.5 Å². The molecule has 0 saturated carbocycles. The quantitative estimate of drug-likeness (QED) is 0.782. The number of amides is 1. The van der Waals surface area contributed by atoms with Gasteiger partial charge < -0.3 is 10.6 Å². The van der Waals surface area contributed by atoms with Crippen LogP contribution in [0.3, 0.4) is 0 Å². The zero-order chi connectivity index (χ0) is 17.6. The van der Waals surface area contributed by atoms with E-state index in [9.17, 15) is 22.4 Å². The van der Waals surface area contributed by atoms with Gasteiger partial charge in [0.2, 0.25) is 5.91 Å². The summed E-state index contributed by atoms with van der Waals surface area (Å²) in [7, 11) is 0. The van der Waals surface area contributed by atoms with Crippen LogP contribution >= 0.6 is 0 Å². The van der Waals surface area contributed by atoms with E-state index in [0.29, 0.717) is 5.69 Å². The van der Waals surface area contributed by atoms with Crippen LogP contribution in [0.4, 0.5) is 23.2 Å². The molecule has 0 unspecified atom stereocenters. The number of hydrogen-bond acceptors (Lipinski definition) is 2. The van der Waals surface area contributed by atoms with E-state index in [0.717, 1.165) is 17.7 Å². The molecule has 0 aliphatic rings. The lowest BCUT2D eigenvalue weighted by Gasteiger charge is -2.11. The van der Waals surface area contributed by atoms with E-state index in [1.165, 1.54) is 24.3 Å². The maximum Gasteiger partial charge on any atom is 0.416 e. The second kappa shape index (κ2) is 7.81. The summed E-state index contributed by atoms with van der Waals surface area (Å²) >= 11 is 0. The monoisotopic (exact) mass is 340 g/mol. The van der Waals surface area contributed by atoms with Crippen molar-refractivity contribution in [1.82, 2.24) is 5.32 Å². The highest BCUT2D eigenvalue weighted by Gasteiger charge is 2.30. The van der Waals surface area contributed by atoms with Gasteiger partial charge in [0, 0.05) is 25.2 Å². The number of anilines is 1.